The number of nitrogens with one attached hydrogen (secondary N) is 1. The first-order chi connectivity index (χ1) is 42.7. The molecule has 4 aliphatic heterocycles. The van der Waals surface area contributed by atoms with Gasteiger partial charge in [0.25, 0.3) is 27.5 Å². The molecule has 44 heteroatoms. The molecule has 16 atom stereocenters. The summed E-state index contributed by atoms with van der Waals surface area (Å²) in [6.45, 7) is 2.56. The fourth-order valence-electron chi connectivity index (χ4n) is 10.0. The molecule has 0 aromatic carbocycles. The van der Waals surface area contributed by atoms with Gasteiger partial charge in [-0.1, -0.05) is 0 Å². The number of nitrogens with two attached hydrogens (primary N) is 4. The maximum absolute atomic E-state index is 13.0. The van der Waals surface area contributed by atoms with Gasteiger partial charge in [0, 0.05) is 31.0 Å². The number of fused-ring (bicyclic) bond motifs is 2. The lowest BCUT2D eigenvalue weighted by molar-refractivity contribution is -0.719. The number of nitrogens with zero attached hydrogens (tertiary/aromatic N) is 11. The summed E-state index contributed by atoms with van der Waals surface area (Å²) in [6, 6.07) is 4.33. The zero-order valence-corrected chi connectivity index (χ0v) is 51.6. The second-order valence-electron chi connectivity index (χ2n) is 21.9. The highest BCUT2D eigenvalue weighted by Crippen LogP contribution is 2.60. The van der Waals surface area contributed by atoms with Crippen molar-refractivity contribution in [3.05, 3.63) is 85.5 Å². The molecule has 10 rings (SSSR count). The first-order valence-electron chi connectivity index (χ1n) is 27.2. The number of anilines is 2. The minimum atomic E-state index is -5.58. The Morgan fingerprint density at radius 2 is 1.13 bits per heavy atom. The van der Waals surface area contributed by atoms with Crippen molar-refractivity contribution in [3.8, 4) is 0 Å². The van der Waals surface area contributed by atoms with Crippen molar-refractivity contribution in [2.24, 2.45) is 11.5 Å². The van der Waals surface area contributed by atoms with Crippen LogP contribution in [0.25, 0.3) is 22.3 Å². The second-order valence-corrected chi connectivity index (χ2v) is 27.9. The number of hydrogen-bond acceptors (Lipinski definition) is 31. The zero-order chi connectivity index (χ0) is 66.1. The van der Waals surface area contributed by atoms with E-state index in [2.05, 4.69) is 43.8 Å². The molecular formula is C47H64N16O24P4. The van der Waals surface area contributed by atoms with E-state index in [0.717, 1.165) is 6.33 Å². The molecule has 4 saturated heterocycles. The van der Waals surface area contributed by atoms with Crippen molar-refractivity contribution in [1.29, 1.82) is 0 Å². The molecule has 496 valence electrons. The Bertz CT molecular complexity index is 3850. The number of ether oxygens (including phenoxy) is 3. The first-order valence-corrected chi connectivity index (χ1v) is 33.1. The molecule has 40 nitrogen and oxygen atoms in total. The minimum absolute atomic E-state index is 0.0349. The van der Waals surface area contributed by atoms with E-state index >= 15 is 0 Å². The molecule has 6 aromatic heterocycles. The topological polar surface area (TPSA) is 584 Å². The molecule has 4 fully saturated rings. The molecule has 91 heavy (non-hydrogen) atoms. The Kier molecular flexibility index (Phi) is 20.8. The van der Waals surface area contributed by atoms with Gasteiger partial charge in [0.1, 0.15) is 77.0 Å². The molecule has 0 saturated carbocycles. The Morgan fingerprint density at radius 1 is 0.670 bits per heavy atom. The number of rotatable bonds is 22. The number of pyridine rings is 2. The van der Waals surface area contributed by atoms with Crippen molar-refractivity contribution in [2.45, 2.75) is 112 Å². The number of carbonyl (C=O) groups excluding carboxylic acids is 3. The lowest BCUT2D eigenvalue weighted by atomic mass is 10.1. The van der Waals surface area contributed by atoms with Crippen molar-refractivity contribution >= 4 is 83.2 Å². The monoisotopic (exact) mass is 1360 g/mol. The van der Waals surface area contributed by atoms with Gasteiger partial charge < -0.3 is 91.5 Å². The largest absolute Gasteiger partial charge is 0.756 e. The van der Waals surface area contributed by atoms with Crippen LogP contribution in [-0.2, 0) is 59.2 Å². The van der Waals surface area contributed by atoms with E-state index in [9.17, 15) is 72.6 Å². The molecule has 0 bridgehead atoms. The summed E-state index contributed by atoms with van der Waals surface area (Å²) in [5, 5.41) is 45.0. The van der Waals surface area contributed by atoms with Crippen LogP contribution in [0.2, 0.25) is 0 Å². The van der Waals surface area contributed by atoms with Crippen molar-refractivity contribution in [3.63, 3.8) is 0 Å². The average Bonchev–Trinajstić information content (AvgIpc) is 1.64. The standard InChI is InChI=1S/C26H36N8O13P2.C21H28N8O11P2/c1-26(2,3)46-25(38)33-9-15(32-6-4-5-14(8-32)22(28)37)7-16(33)10-43-48(39,40)47-49(41,42)44-11-17-19(35)20(36)24(45-17)34-13-31-18-21(27)29-12-30-23(18)34;22-18-15-20(26-9-25-18)29(10-27-15)21-17(31)16(30)14(39-21)8-38-42(35,36)40-41(33,34)37-7-12-4-13(5-24-12)28-3-1-2-11(6-28)19(23)32/h4-6,8,12-13,15-17,19-20,24,35-36H,7,9-11H2,1-3H3,(H5-,27,28,29,30,37,39,40,41,42);1-3,6,9-10,12-14,16-17,21,24,30-31H,4-5,7-8H2,(H5-,22,23,25,26,32,33,34,35,36)/t15-,16-,17+,19-,20-,24+;12-,13-,14+,16+,17+,21+/m00/s1. The van der Waals surface area contributed by atoms with Crippen molar-refractivity contribution in [2.75, 3.05) is 51.0 Å². The van der Waals surface area contributed by atoms with Gasteiger partial charge in [0.2, 0.25) is 0 Å². The van der Waals surface area contributed by atoms with E-state index in [4.69, 9.17) is 55.2 Å². The smallest absolute Gasteiger partial charge is 0.478 e. The summed E-state index contributed by atoms with van der Waals surface area (Å²) >= 11 is 0. The quantitative estimate of drug-likeness (QED) is 0.0237. The number of phosphoric acid groups is 4. The molecule has 0 spiro atoms. The highest BCUT2D eigenvalue weighted by Gasteiger charge is 2.49. The number of aromatic nitrogens is 10. The van der Waals surface area contributed by atoms with Gasteiger partial charge in [-0.3, -0.25) is 41.8 Å². The van der Waals surface area contributed by atoms with Gasteiger partial charge in [0.05, 0.1) is 58.2 Å². The maximum atomic E-state index is 13.0. The van der Waals surface area contributed by atoms with E-state index < -0.39 is 148 Å². The van der Waals surface area contributed by atoms with Gasteiger partial charge >= 0.3 is 21.7 Å². The highest BCUT2D eigenvalue weighted by atomic mass is 31.3. The van der Waals surface area contributed by atoms with Crippen LogP contribution in [0.15, 0.2) is 74.4 Å². The Balaban J connectivity index is 0.000000218. The maximum Gasteiger partial charge on any atom is 0.478 e. The van der Waals surface area contributed by atoms with Crippen LogP contribution in [-0.4, -0.2) is 186 Å². The molecular weight excluding hydrogens is 1300 g/mol. The van der Waals surface area contributed by atoms with Crippen LogP contribution < -0.4 is 47.2 Å². The van der Waals surface area contributed by atoms with E-state index in [0.29, 0.717) is 18.5 Å². The summed E-state index contributed by atoms with van der Waals surface area (Å²) in [6.07, 6.45) is -0.715. The molecule has 4 aliphatic rings. The minimum Gasteiger partial charge on any atom is -0.756 e. The molecule has 4 unspecified atom stereocenters. The third kappa shape index (κ3) is 16.8. The molecule has 0 aliphatic carbocycles. The number of carbonyl (C=O) groups is 3. The van der Waals surface area contributed by atoms with Gasteiger partial charge in [-0.05, 0) is 32.9 Å². The van der Waals surface area contributed by atoms with E-state index in [1.54, 1.807) is 66.7 Å². The highest BCUT2D eigenvalue weighted by molar-refractivity contribution is 7.61. The second kappa shape index (κ2) is 27.6. The number of imidazole rings is 2. The van der Waals surface area contributed by atoms with Crippen molar-refractivity contribution in [1.82, 2.24) is 49.3 Å². The number of phosphoric ester groups is 4. The summed E-state index contributed by atoms with van der Waals surface area (Å²) in [7, 11) is -21.6. The fraction of sp³-hybridized carbons (Fsp3) is 0.511. The predicted molar refractivity (Wildman–Crippen MR) is 298 cm³/mol. The van der Waals surface area contributed by atoms with Crippen LogP contribution in [0.1, 0.15) is 78.9 Å². The summed E-state index contributed by atoms with van der Waals surface area (Å²) < 4.78 is 100. The lowest BCUT2D eigenvalue weighted by Gasteiger charge is -2.30. The fourth-order valence-corrected chi connectivity index (χ4v) is 14.2. The third-order valence-corrected chi connectivity index (χ3v) is 19.5. The molecule has 10 heterocycles. The van der Waals surface area contributed by atoms with E-state index in [1.165, 1.54) is 45.3 Å². The van der Waals surface area contributed by atoms with Crippen LogP contribution in [0.3, 0.4) is 0 Å². The molecule has 3 amide bonds. The van der Waals surface area contributed by atoms with Gasteiger partial charge in [0.15, 0.2) is 72.3 Å². The normalized spacial score (nSPS) is 27.8. The Hall–Kier alpha value is -6.55. The molecule has 6 aromatic rings. The number of aliphatic hydroxyl groups excluding tert-OH is 4. The summed E-state index contributed by atoms with van der Waals surface area (Å²) in [5.41, 5.74) is 22.6. The summed E-state index contributed by atoms with van der Waals surface area (Å²) in [4.78, 5) is 106. The van der Waals surface area contributed by atoms with Gasteiger partial charge in [-0.25, -0.2) is 57.0 Å². The Labute approximate surface area is 514 Å². The van der Waals surface area contributed by atoms with E-state index in [-0.39, 0.29) is 58.5 Å². The van der Waals surface area contributed by atoms with Gasteiger partial charge in [-0.2, -0.15) is 4.57 Å². The van der Waals surface area contributed by atoms with Crippen LogP contribution in [0.4, 0.5) is 16.4 Å². The molecule has 0 radical (unpaired) electrons. The van der Waals surface area contributed by atoms with Crippen molar-refractivity contribution < 1.29 is 123 Å². The third-order valence-electron chi connectivity index (χ3n) is 14.3. The van der Waals surface area contributed by atoms with Gasteiger partial charge in [-0.15, -0.1) is 0 Å². The number of nitrogen functional groups attached to an aromatic ring is 2. The van der Waals surface area contributed by atoms with Crippen LogP contribution in [0, 0.1) is 0 Å². The SMILES string of the molecule is CC(C)(C)OC(=O)N1C[C@@H]([n+]2cccc(C(N)=O)c2)C[C@H]1COP(=O)([O-])OP(=O)(O)OC[C@H]1O[C@@H](n2cnc3c(N)ncnc32)[C@@H](O)[C@H]1O.NC(=O)c1ccc[n+]([C@@H]2CN[C@H](COP(=O)([O-])OP(=O)(O)OC[C@H]3O[C@@H](n4cnc5c(N)ncnc54)[C@H](O)[C@@H]3O)C2)c1. The van der Waals surface area contributed by atoms with E-state index in [1.807, 2.05) is 0 Å². The first kappa shape index (κ1) is 68.8. The Morgan fingerprint density at radius 3 is 1.59 bits per heavy atom. The van der Waals surface area contributed by atoms with Crippen LogP contribution in [0.5, 0.6) is 0 Å². The van der Waals surface area contributed by atoms with Crippen LogP contribution >= 0.6 is 31.3 Å². The zero-order valence-electron chi connectivity index (χ0n) is 48.1. The summed E-state index contributed by atoms with van der Waals surface area (Å²) in [5.74, 6) is -1.13. The number of hydrogen-bond donors (Lipinski definition) is 11. The lowest BCUT2D eigenvalue weighted by Crippen LogP contribution is -2.44. The average molecular weight is 1360 g/mol. The number of likely N-dealkylation sites (tertiary alicyclic amines) is 1. The molecule has 15 N–H and O–H groups in total. The number of aliphatic hydroxyl groups is 4. The predicted octanol–water partition coefficient (Wildman–Crippen LogP) is -3.08. The number of primary amides is 2. The number of amides is 3.